The van der Waals surface area contributed by atoms with Crippen LogP contribution in [0, 0.1) is 0 Å². The number of hydrogen-bond donors (Lipinski definition) is 1. The van der Waals surface area contributed by atoms with Gasteiger partial charge in [-0.3, -0.25) is 4.72 Å². The molecule has 0 saturated heterocycles. The van der Waals surface area contributed by atoms with Crippen LogP contribution in [-0.2, 0) is 0 Å². The molecule has 60 valence electrons. The molecule has 1 N–H and O–H groups in total. The van der Waals surface area contributed by atoms with Gasteiger partial charge in [0.25, 0.3) is 0 Å². The highest BCUT2D eigenvalue weighted by molar-refractivity contribution is 7.97. The Labute approximate surface area is 76.3 Å². The molecule has 0 radical (unpaired) electrons. The van der Waals surface area contributed by atoms with Gasteiger partial charge in [0.1, 0.15) is 0 Å². The fourth-order valence-corrected chi connectivity index (χ4v) is 1.58. The van der Waals surface area contributed by atoms with Gasteiger partial charge in [0.15, 0.2) is 0 Å². The molecule has 0 saturated carbocycles. The molecule has 11 heavy (non-hydrogen) atoms. The molecule has 1 nitrogen and oxygen atoms in total. The van der Waals surface area contributed by atoms with Crippen LogP contribution in [0.2, 0.25) is 5.02 Å². The normalized spacial score (nSPS) is 10.0. The first-order chi connectivity index (χ1) is 5.33. The zero-order valence-corrected chi connectivity index (χ0v) is 7.88. The number of rotatable bonds is 3. The standard InChI is InChI=1S/C8H10ClNS/c1-2-10-11-8-5-3-4-7(9)6-8/h3-6,10H,2H2,1H3. The van der Waals surface area contributed by atoms with Gasteiger partial charge in [-0.15, -0.1) is 0 Å². The topological polar surface area (TPSA) is 12.0 Å². The molecular formula is C8H10ClNS. The first-order valence-electron chi connectivity index (χ1n) is 3.48. The van der Waals surface area contributed by atoms with Crippen molar-refractivity contribution >= 4 is 23.5 Å². The minimum Gasteiger partial charge on any atom is -0.260 e. The molecule has 3 heteroatoms. The maximum absolute atomic E-state index is 5.78. The minimum atomic E-state index is 0.785. The van der Waals surface area contributed by atoms with E-state index in [9.17, 15) is 0 Å². The molecule has 1 aromatic rings. The molecule has 0 bridgehead atoms. The Hall–Kier alpha value is -0.180. The van der Waals surface area contributed by atoms with Crippen LogP contribution in [0.1, 0.15) is 6.92 Å². The van der Waals surface area contributed by atoms with Crippen LogP contribution in [0.4, 0.5) is 0 Å². The van der Waals surface area contributed by atoms with Gasteiger partial charge < -0.3 is 0 Å². The Bertz CT molecular complexity index is 227. The summed E-state index contributed by atoms with van der Waals surface area (Å²) in [5, 5.41) is 0.785. The van der Waals surface area contributed by atoms with Crippen LogP contribution in [-0.4, -0.2) is 6.54 Å². The van der Waals surface area contributed by atoms with E-state index in [1.54, 1.807) is 11.9 Å². The van der Waals surface area contributed by atoms with Crippen molar-refractivity contribution in [1.29, 1.82) is 0 Å². The first-order valence-corrected chi connectivity index (χ1v) is 4.67. The van der Waals surface area contributed by atoms with Gasteiger partial charge in [-0.1, -0.05) is 24.6 Å². The van der Waals surface area contributed by atoms with Crippen molar-refractivity contribution in [2.45, 2.75) is 11.8 Å². The molecule has 0 spiro atoms. The third kappa shape index (κ3) is 3.14. The smallest absolute Gasteiger partial charge is 0.0417 e. The number of hydrogen-bond acceptors (Lipinski definition) is 2. The maximum atomic E-state index is 5.78. The van der Waals surface area contributed by atoms with Crippen molar-refractivity contribution < 1.29 is 0 Å². The summed E-state index contributed by atoms with van der Waals surface area (Å²) in [6.07, 6.45) is 0. The lowest BCUT2D eigenvalue weighted by Crippen LogP contribution is -1.99. The van der Waals surface area contributed by atoms with E-state index in [1.807, 2.05) is 24.3 Å². The summed E-state index contributed by atoms with van der Waals surface area (Å²) in [4.78, 5) is 1.15. The van der Waals surface area contributed by atoms with Crippen LogP contribution in [0.15, 0.2) is 29.2 Å². The highest BCUT2D eigenvalue weighted by atomic mass is 35.5. The summed E-state index contributed by atoms with van der Waals surface area (Å²) in [5.74, 6) is 0. The molecule has 0 unspecified atom stereocenters. The molecule has 1 aromatic carbocycles. The van der Waals surface area contributed by atoms with Crippen molar-refractivity contribution in [1.82, 2.24) is 4.72 Å². The van der Waals surface area contributed by atoms with E-state index in [1.165, 1.54) is 0 Å². The number of benzene rings is 1. The van der Waals surface area contributed by atoms with Crippen LogP contribution in [0.25, 0.3) is 0 Å². The molecule has 0 aliphatic carbocycles. The van der Waals surface area contributed by atoms with Crippen LogP contribution < -0.4 is 4.72 Å². The van der Waals surface area contributed by atoms with Gasteiger partial charge >= 0.3 is 0 Å². The fraction of sp³-hybridized carbons (Fsp3) is 0.250. The molecule has 0 aromatic heterocycles. The monoisotopic (exact) mass is 187 g/mol. The molecule has 0 aliphatic heterocycles. The van der Waals surface area contributed by atoms with Gasteiger partial charge in [0, 0.05) is 16.5 Å². The third-order valence-corrected chi connectivity index (χ3v) is 2.29. The van der Waals surface area contributed by atoms with E-state index in [0.717, 1.165) is 16.5 Å². The number of halogens is 1. The zero-order chi connectivity index (χ0) is 8.10. The fourth-order valence-electron chi connectivity index (χ4n) is 0.686. The Morgan fingerprint density at radius 3 is 3.00 bits per heavy atom. The second kappa shape index (κ2) is 4.65. The number of nitrogens with one attached hydrogen (secondary N) is 1. The van der Waals surface area contributed by atoms with Crippen molar-refractivity contribution in [3.8, 4) is 0 Å². The second-order valence-electron chi connectivity index (χ2n) is 2.06. The lowest BCUT2D eigenvalue weighted by molar-refractivity contribution is 1.03. The molecule has 0 aliphatic rings. The average Bonchev–Trinajstić information content (AvgIpc) is 2.01. The van der Waals surface area contributed by atoms with Crippen LogP contribution >= 0.6 is 23.5 Å². The lowest BCUT2D eigenvalue weighted by atomic mass is 10.4. The van der Waals surface area contributed by atoms with Gasteiger partial charge in [-0.05, 0) is 30.1 Å². The second-order valence-corrected chi connectivity index (χ2v) is 3.46. The van der Waals surface area contributed by atoms with Crippen molar-refractivity contribution in [3.05, 3.63) is 29.3 Å². The highest BCUT2D eigenvalue weighted by Gasteiger charge is 1.92. The molecule has 0 fully saturated rings. The zero-order valence-electron chi connectivity index (χ0n) is 6.30. The third-order valence-electron chi connectivity index (χ3n) is 1.13. The summed E-state index contributed by atoms with van der Waals surface area (Å²) < 4.78 is 3.15. The average molecular weight is 188 g/mol. The molecule has 0 atom stereocenters. The molecule has 0 heterocycles. The lowest BCUT2D eigenvalue weighted by Gasteiger charge is -1.99. The Morgan fingerprint density at radius 2 is 2.36 bits per heavy atom. The van der Waals surface area contributed by atoms with Crippen molar-refractivity contribution in [3.63, 3.8) is 0 Å². The van der Waals surface area contributed by atoms with Crippen LogP contribution in [0.3, 0.4) is 0 Å². The maximum Gasteiger partial charge on any atom is 0.0417 e. The van der Waals surface area contributed by atoms with Gasteiger partial charge in [0.2, 0.25) is 0 Å². The Kier molecular flexibility index (Phi) is 3.77. The Morgan fingerprint density at radius 1 is 1.55 bits per heavy atom. The molecular weight excluding hydrogens is 178 g/mol. The predicted molar refractivity (Wildman–Crippen MR) is 51.0 cm³/mol. The summed E-state index contributed by atoms with van der Waals surface area (Å²) in [6.45, 7) is 3.02. The van der Waals surface area contributed by atoms with E-state index >= 15 is 0 Å². The molecule has 0 amide bonds. The molecule has 1 rings (SSSR count). The first kappa shape index (κ1) is 8.91. The van der Waals surface area contributed by atoms with Crippen molar-refractivity contribution in [2.24, 2.45) is 0 Å². The summed E-state index contributed by atoms with van der Waals surface area (Å²) >= 11 is 7.38. The summed E-state index contributed by atoms with van der Waals surface area (Å²) in [6, 6.07) is 7.79. The van der Waals surface area contributed by atoms with E-state index in [4.69, 9.17) is 11.6 Å². The van der Waals surface area contributed by atoms with E-state index in [0.29, 0.717) is 0 Å². The van der Waals surface area contributed by atoms with Gasteiger partial charge in [-0.2, -0.15) is 0 Å². The van der Waals surface area contributed by atoms with Crippen LogP contribution in [0.5, 0.6) is 0 Å². The van der Waals surface area contributed by atoms with E-state index < -0.39 is 0 Å². The van der Waals surface area contributed by atoms with E-state index in [2.05, 4.69) is 11.6 Å². The summed E-state index contributed by atoms with van der Waals surface area (Å²) in [7, 11) is 0. The quantitative estimate of drug-likeness (QED) is 0.731. The van der Waals surface area contributed by atoms with E-state index in [-0.39, 0.29) is 0 Å². The van der Waals surface area contributed by atoms with Gasteiger partial charge in [-0.25, -0.2) is 0 Å². The minimum absolute atomic E-state index is 0.785. The van der Waals surface area contributed by atoms with Gasteiger partial charge in [0.05, 0.1) is 0 Å². The SMILES string of the molecule is CCNSc1cccc(Cl)c1. The largest absolute Gasteiger partial charge is 0.260 e. The summed E-state index contributed by atoms with van der Waals surface area (Å²) in [5.41, 5.74) is 0. The van der Waals surface area contributed by atoms with Crippen molar-refractivity contribution in [2.75, 3.05) is 6.54 Å². The predicted octanol–water partition coefficient (Wildman–Crippen LogP) is 2.96. The highest BCUT2D eigenvalue weighted by Crippen LogP contribution is 2.18. The Balaban J connectivity index is 2.56.